The summed E-state index contributed by atoms with van der Waals surface area (Å²) in [5.74, 6) is 0. The second-order valence-electron chi connectivity index (χ2n) is 5.71. The lowest BCUT2D eigenvalue weighted by Crippen LogP contribution is -2.44. The van der Waals surface area contributed by atoms with E-state index < -0.39 is 0 Å². The van der Waals surface area contributed by atoms with Crippen molar-refractivity contribution >= 4 is 0 Å². The Morgan fingerprint density at radius 1 is 1.39 bits per heavy atom. The van der Waals surface area contributed by atoms with Crippen molar-refractivity contribution in [1.29, 1.82) is 0 Å². The maximum absolute atomic E-state index is 5.74. The van der Waals surface area contributed by atoms with Crippen LogP contribution in [0.3, 0.4) is 0 Å². The molecule has 4 heteroatoms. The van der Waals surface area contributed by atoms with Crippen molar-refractivity contribution in [1.82, 2.24) is 15.3 Å². The van der Waals surface area contributed by atoms with Gasteiger partial charge in [-0.2, -0.15) is 0 Å². The van der Waals surface area contributed by atoms with Gasteiger partial charge < -0.3 is 10.1 Å². The fourth-order valence-electron chi connectivity index (χ4n) is 2.65. The Bertz CT molecular complexity index is 406. The number of aryl methyl sites for hydroxylation is 1. The fraction of sp³-hybridized carbons (Fsp3) is 0.714. The highest BCUT2D eigenvalue weighted by atomic mass is 16.5. The van der Waals surface area contributed by atoms with Crippen molar-refractivity contribution in [2.24, 2.45) is 0 Å². The van der Waals surface area contributed by atoms with Crippen LogP contribution < -0.4 is 5.32 Å². The molecule has 2 unspecified atom stereocenters. The van der Waals surface area contributed by atoms with Gasteiger partial charge in [0.25, 0.3) is 0 Å². The van der Waals surface area contributed by atoms with Crippen LogP contribution in [0.15, 0.2) is 12.4 Å². The molecule has 0 aromatic carbocycles. The zero-order valence-electron chi connectivity index (χ0n) is 11.7. The smallest absolute Gasteiger partial charge is 0.0782 e. The summed E-state index contributed by atoms with van der Waals surface area (Å²) in [4.78, 5) is 8.72. The molecule has 0 saturated carbocycles. The molecule has 1 aliphatic heterocycles. The minimum absolute atomic E-state index is 0.0208. The van der Waals surface area contributed by atoms with Crippen LogP contribution in [-0.2, 0) is 4.74 Å². The highest BCUT2D eigenvalue weighted by Gasteiger charge is 2.29. The van der Waals surface area contributed by atoms with E-state index in [9.17, 15) is 0 Å². The molecule has 1 aromatic heterocycles. The molecule has 0 bridgehead atoms. The molecule has 0 radical (unpaired) electrons. The minimum atomic E-state index is -0.0208. The van der Waals surface area contributed by atoms with Gasteiger partial charge in [-0.05, 0) is 40.5 Å². The second-order valence-corrected chi connectivity index (χ2v) is 5.71. The van der Waals surface area contributed by atoms with Crippen LogP contribution in [0.2, 0.25) is 0 Å². The standard InChI is InChI=1S/C14H23N3O/c1-10-13(16-7-6-15-10)11(2)17-12-5-8-18-14(3,4)9-12/h6-7,11-12,17H,5,8-9H2,1-4H3. The number of aromatic nitrogens is 2. The number of nitrogens with one attached hydrogen (secondary N) is 1. The van der Waals surface area contributed by atoms with E-state index in [1.807, 2.05) is 6.92 Å². The van der Waals surface area contributed by atoms with Gasteiger partial charge in [0, 0.05) is 31.1 Å². The summed E-state index contributed by atoms with van der Waals surface area (Å²) in [5.41, 5.74) is 2.03. The first kappa shape index (κ1) is 13.4. The number of ether oxygens (including phenoxy) is 1. The van der Waals surface area contributed by atoms with E-state index in [4.69, 9.17) is 4.74 Å². The number of hydrogen-bond acceptors (Lipinski definition) is 4. The molecule has 2 atom stereocenters. The van der Waals surface area contributed by atoms with E-state index >= 15 is 0 Å². The summed E-state index contributed by atoms with van der Waals surface area (Å²) in [7, 11) is 0. The van der Waals surface area contributed by atoms with Crippen LogP contribution >= 0.6 is 0 Å². The molecule has 0 spiro atoms. The average Bonchev–Trinajstić information content (AvgIpc) is 2.28. The van der Waals surface area contributed by atoms with Gasteiger partial charge in [-0.3, -0.25) is 9.97 Å². The van der Waals surface area contributed by atoms with Crippen molar-refractivity contribution in [2.75, 3.05) is 6.61 Å². The molecule has 4 nitrogen and oxygen atoms in total. The number of rotatable bonds is 3. The molecule has 1 N–H and O–H groups in total. The molecule has 2 rings (SSSR count). The second kappa shape index (κ2) is 5.33. The fourth-order valence-corrected chi connectivity index (χ4v) is 2.65. The van der Waals surface area contributed by atoms with E-state index in [0.29, 0.717) is 6.04 Å². The molecular weight excluding hydrogens is 226 g/mol. The Morgan fingerprint density at radius 3 is 2.78 bits per heavy atom. The first-order valence-corrected chi connectivity index (χ1v) is 6.65. The highest BCUT2D eigenvalue weighted by Crippen LogP contribution is 2.25. The lowest BCUT2D eigenvalue weighted by Gasteiger charge is -2.37. The summed E-state index contributed by atoms with van der Waals surface area (Å²) in [6.07, 6.45) is 5.60. The monoisotopic (exact) mass is 249 g/mol. The lowest BCUT2D eigenvalue weighted by atomic mass is 9.93. The topological polar surface area (TPSA) is 47.0 Å². The maximum Gasteiger partial charge on any atom is 0.0782 e. The van der Waals surface area contributed by atoms with E-state index in [2.05, 4.69) is 36.1 Å². The van der Waals surface area contributed by atoms with Crippen molar-refractivity contribution in [3.8, 4) is 0 Å². The summed E-state index contributed by atoms with van der Waals surface area (Å²) in [6, 6.07) is 0.725. The maximum atomic E-state index is 5.74. The van der Waals surface area contributed by atoms with Gasteiger partial charge in [-0.1, -0.05) is 0 Å². The Hall–Kier alpha value is -1.00. The molecule has 1 fully saturated rings. The van der Waals surface area contributed by atoms with E-state index in [-0.39, 0.29) is 11.6 Å². The normalized spacial score (nSPS) is 24.8. The summed E-state index contributed by atoms with van der Waals surface area (Å²) < 4.78 is 5.74. The first-order valence-electron chi connectivity index (χ1n) is 6.65. The Morgan fingerprint density at radius 2 is 2.11 bits per heavy atom. The van der Waals surface area contributed by atoms with Gasteiger partial charge in [0.2, 0.25) is 0 Å². The molecule has 2 heterocycles. The summed E-state index contributed by atoms with van der Waals surface area (Å²) in [5, 5.41) is 3.65. The van der Waals surface area contributed by atoms with Crippen molar-refractivity contribution in [3.05, 3.63) is 23.8 Å². The van der Waals surface area contributed by atoms with Crippen LogP contribution in [0.1, 0.15) is 51.0 Å². The van der Waals surface area contributed by atoms with Crippen LogP contribution in [0.25, 0.3) is 0 Å². The third-order valence-electron chi connectivity index (χ3n) is 3.51. The molecule has 1 saturated heterocycles. The molecular formula is C14H23N3O. The highest BCUT2D eigenvalue weighted by molar-refractivity contribution is 5.12. The van der Waals surface area contributed by atoms with Crippen LogP contribution in [0.4, 0.5) is 0 Å². The number of hydrogen-bond donors (Lipinski definition) is 1. The van der Waals surface area contributed by atoms with Crippen molar-refractivity contribution in [2.45, 2.75) is 58.2 Å². The van der Waals surface area contributed by atoms with Crippen molar-refractivity contribution in [3.63, 3.8) is 0 Å². The van der Waals surface area contributed by atoms with Gasteiger partial charge >= 0.3 is 0 Å². The molecule has 18 heavy (non-hydrogen) atoms. The van der Waals surface area contributed by atoms with Gasteiger partial charge in [-0.15, -0.1) is 0 Å². The lowest BCUT2D eigenvalue weighted by molar-refractivity contribution is -0.0640. The van der Waals surface area contributed by atoms with Crippen LogP contribution in [0.5, 0.6) is 0 Å². The zero-order valence-corrected chi connectivity index (χ0v) is 11.7. The van der Waals surface area contributed by atoms with E-state index in [1.54, 1.807) is 12.4 Å². The van der Waals surface area contributed by atoms with Gasteiger partial charge in [-0.25, -0.2) is 0 Å². The van der Waals surface area contributed by atoms with Crippen LogP contribution in [0, 0.1) is 6.92 Å². The zero-order chi connectivity index (χ0) is 13.2. The quantitative estimate of drug-likeness (QED) is 0.893. The Balaban J connectivity index is 1.99. The Kier molecular flexibility index (Phi) is 3.97. The van der Waals surface area contributed by atoms with Gasteiger partial charge in [0.15, 0.2) is 0 Å². The third kappa shape index (κ3) is 3.27. The van der Waals surface area contributed by atoms with Crippen LogP contribution in [-0.4, -0.2) is 28.2 Å². The largest absolute Gasteiger partial charge is 0.375 e. The summed E-state index contributed by atoms with van der Waals surface area (Å²) >= 11 is 0. The Labute approximate surface area is 109 Å². The molecule has 1 aromatic rings. The predicted molar refractivity (Wildman–Crippen MR) is 71.4 cm³/mol. The molecule has 0 amide bonds. The van der Waals surface area contributed by atoms with E-state index in [1.165, 1.54) is 0 Å². The molecule has 1 aliphatic rings. The molecule has 100 valence electrons. The average molecular weight is 249 g/mol. The van der Waals surface area contributed by atoms with Gasteiger partial charge in [0.05, 0.1) is 17.0 Å². The minimum Gasteiger partial charge on any atom is -0.375 e. The van der Waals surface area contributed by atoms with E-state index in [0.717, 1.165) is 30.8 Å². The first-order chi connectivity index (χ1) is 8.48. The molecule has 0 aliphatic carbocycles. The third-order valence-corrected chi connectivity index (χ3v) is 3.51. The van der Waals surface area contributed by atoms with Gasteiger partial charge in [0.1, 0.15) is 0 Å². The number of nitrogens with zero attached hydrogens (tertiary/aromatic N) is 2. The predicted octanol–water partition coefficient (Wildman–Crippen LogP) is 2.39. The SMILES string of the molecule is Cc1nccnc1C(C)NC1CCOC(C)(C)C1. The van der Waals surface area contributed by atoms with Crippen molar-refractivity contribution < 1.29 is 4.74 Å². The summed E-state index contributed by atoms with van der Waals surface area (Å²) in [6.45, 7) is 9.29.